The van der Waals surface area contributed by atoms with Crippen molar-refractivity contribution < 1.29 is 4.74 Å². The molecule has 3 rings (SSSR count). The zero-order valence-corrected chi connectivity index (χ0v) is 11.7. The fourth-order valence-electron chi connectivity index (χ4n) is 2.96. The van der Waals surface area contributed by atoms with E-state index in [9.17, 15) is 0 Å². The standard InChI is InChI=1S/C14H20N4O/c1-9-13-12(17-14(16-9)19-3)10(8-18(13)2)11-6-4-5-7-15-11/h8,11,15H,4-7H2,1-3H3. The Hall–Kier alpha value is -1.62. The van der Waals surface area contributed by atoms with Crippen molar-refractivity contribution >= 4 is 11.0 Å². The quantitative estimate of drug-likeness (QED) is 0.898. The minimum absolute atomic E-state index is 0.399. The van der Waals surface area contributed by atoms with Crippen LogP contribution < -0.4 is 10.1 Å². The molecule has 0 radical (unpaired) electrons. The minimum atomic E-state index is 0.399. The zero-order valence-electron chi connectivity index (χ0n) is 11.7. The molecule has 2 aromatic rings. The van der Waals surface area contributed by atoms with E-state index in [1.54, 1.807) is 7.11 Å². The molecule has 0 amide bonds. The van der Waals surface area contributed by atoms with Crippen molar-refractivity contribution in [3.05, 3.63) is 17.5 Å². The van der Waals surface area contributed by atoms with Gasteiger partial charge in [-0.2, -0.15) is 9.97 Å². The minimum Gasteiger partial charge on any atom is -0.467 e. The van der Waals surface area contributed by atoms with Gasteiger partial charge in [-0.05, 0) is 26.3 Å². The maximum atomic E-state index is 5.20. The van der Waals surface area contributed by atoms with E-state index in [4.69, 9.17) is 4.74 Å². The molecule has 1 N–H and O–H groups in total. The Kier molecular flexibility index (Phi) is 3.14. The van der Waals surface area contributed by atoms with Crippen LogP contribution in [0.4, 0.5) is 0 Å². The normalized spacial score (nSPS) is 19.8. The largest absolute Gasteiger partial charge is 0.467 e. The van der Waals surface area contributed by atoms with E-state index in [1.165, 1.54) is 24.8 Å². The van der Waals surface area contributed by atoms with Gasteiger partial charge >= 0.3 is 6.01 Å². The van der Waals surface area contributed by atoms with Crippen LogP contribution in [0.2, 0.25) is 0 Å². The van der Waals surface area contributed by atoms with Crippen molar-refractivity contribution in [2.24, 2.45) is 7.05 Å². The SMILES string of the molecule is COc1nc(C)c2c(n1)c(C1CCCCN1)cn2C. The van der Waals surface area contributed by atoms with Crippen LogP contribution in [0, 0.1) is 6.92 Å². The summed E-state index contributed by atoms with van der Waals surface area (Å²) in [7, 11) is 3.67. The van der Waals surface area contributed by atoms with E-state index in [-0.39, 0.29) is 0 Å². The van der Waals surface area contributed by atoms with E-state index in [2.05, 4.69) is 33.1 Å². The molecule has 102 valence electrons. The van der Waals surface area contributed by atoms with Gasteiger partial charge in [0, 0.05) is 24.8 Å². The predicted molar refractivity (Wildman–Crippen MR) is 74.4 cm³/mol. The molecule has 3 heterocycles. The first kappa shape index (κ1) is 12.4. The lowest BCUT2D eigenvalue weighted by Crippen LogP contribution is -2.26. The van der Waals surface area contributed by atoms with Crippen molar-refractivity contribution in [2.75, 3.05) is 13.7 Å². The van der Waals surface area contributed by atoms with Crippen LogP contribution in [0.3, 0.4) is 0 Å². The number of nitrogens with zero attached hydrogens (tertiary/aromatic N) is 3. The molecule has 19 heavy (non-hydrogen) atoms. The number of aryl methyl sites for hydroxylation is 2. The number of aromatic nitrogens is 3. The number of ether oxygens (including phenoxy) is 1. The molecule has 0 spiro atoms. The molecule has 1 saturated heterocycles. The number of methoxy groups -OCH3 is 1. The van der Waals surface area contributed by atoms with E-state index >= 15 is 0 Å². The van der Waals surface area contributed by atoms with Crippen LogP contribution >= 0.6 is 0 Å². The van der Waals surface area contributed by atoms with Gasteiger partial charge in [-0.1, -0.05) is 6.42 Å². The number of fused-ring (bicyclic) bond motifs is 1. The first-order chi connectivity index (χ1) is 9.20. The number of nitrogens with one attached hydrogen (secondary N) is 1. The van der Waals surface area contributed by atoms with Gasteiger partial charge in [0.15, 0.2) is 0 Å². The molecular formula is C14H20N4O. The summed E-state index contributed by atoms with van der Waals surface area (Å²) in [4.78, 5) is 8.92. The first-order valence-corrected chi connectivity index (χ1v) is 6.81. The van der Waals surface area contributed by atoms with Gasteiger partial charge in [-0.15, -0.1) is 0 Å². The highest BCUT2D eigenvalue weighted by atomic mass is 16.5. The third-order valence-corrected chi connectivity index (χ3v) is 3.86. The van der Waals surface area contributed by atoms with E-state index in [1.807, 2.05) is 6.92 Å². The van der Waals surface area contributed by atoms with Crippen molar-refractivity contribution in [3.8, 4) is 6.01 Å². The highest BCUT2D eigenvalue weighted by Crippen LogP contribution is 2.31. The zero-order chi connectivity index (χ0) is 13.4. The van der Waals surface area contributed by atoms with Gasteiger partial charge < -0.3 is 14.6 Å². The Morgan fingerprint density at radius 3 is 2.89 bits per heavy atom. The van der Waals surface area contributed by atoms with Crippen LogP contribution in [-0.4, -0.2) is 28.2 Å². The number of piperidine rings is 1. The van der Waals surface area contributed by atoms with Crippen molar-refractivity contribution in [3.63, 3.8) is 0 Å². The van der Waals surface area contributed by atoms with Gasteiger partial charge in [0.25, 0.3) is 0 Å². The summed E-state index contributed by atoms with van der Waals surface area (Å²) >= 11 is 0. The van der Waals surface area contributed by atoms with Crippen molar-refractivity contribution in [2.45, 2.75) is 32.2 Å². The Morgan fingerprint density at radius 1 is 1.37 bits per heavy atom. The molecule has 1 aliphatic heterocycles. The summed E-state index contributed by atoms with van der Waals surface area (Å²) in [5.74, 6) is 0. The van der Waals surface area contributed by atoms with Crippen molar-refractivity contribution in [1.29, 1.82) is 0 Å². The lowest BCUT2D eigenvalue weighted by Gasteiger charge is -2.22. The smallest absolute Gasteiger partial charge is 0.317 e. The highest BCUT2D eigenvalue weighted by molar-refractivity contribution is 5.82. The van der Waals surface area contributed by atoms with Gasteiger partial charge in [-0.25, -0.2) is 0 Å². The Balaban J connectivity index is 2.16. The molecule has 1 unspecified atom stereocenters. The van der Waals surface area contributed by atoms with Crippen LogP contribution in [-0.2, 0) is 7.05 Å². The van der Waals surface area contributed by atoms with Crippen molar-refractivity contribution in [1.82, 2.24) is 19.9 Å². The topological polar surface area (TPSA) is 52.0 Å². The molecule has 0 aromatic carbocycles. The van der Waals surface area contributed by atoms with E-state index in [0.29, 0.717) is 12.1 Å². The Labute approximate surface area is 113 Å². The second-order valence-corrected chi connectivity index (χ2v) is 5.19. The summed E-state index contributed by atoms with van der Waals surface area (Å²) in [5, 5.41) is 3.58. The number of hydrogen-bond donors (Lipinski definition) is 1. The Bertz CT molecular complexity index is 599. The maximum absolute atomic E-state index is 5.20. The van der Waals surface area contributed by atoms with E-state index < -0.39 is 0 Å². The van der Waals surface area contributed by atoms with Crippen LogP contribution in [0.15, 0.2) is 6.20 Å². The molecule has 1 fully saturated rings. The molecule has 0 saturated carbocycles. The van der Waals surface area contributed by atoms with Crippen LogP contribution in [0.25, 0.3) is 11.0 Å². The Morgan fingerprint density at radius 2 is 2.21 bits per heavy atom. The monoisotopic (exact) mass is 260 g/mol. The fourth-order valence-corrected chi connectivity index (χ4v) is 2.96. The van der Waals surface area contributed by atoms with Crippen LogP contribution in [0.1, 0.15) is 36.6 Å². The second-order valence-electron chi connectivity index (χ2n) is 5.19. The molecule has 0 bridgehead atoms. The van der Waals surface area contributed by atoms with Gasteiger partial charge in [0.05, 0.1) is 18.3 Å². The molecule has 5 nitrogen and oxygen atoms in total. The first-order valence-electron chi connectivity index (χ1n) is 6.81. The summed E-state index contributed by atoms with van der Waals surface area (Å²) in [6.07, 6.45) is 5.88. The summed E-state index contributed by atoms with van der Waals surface area (Å²) < 4.78 is 7.32. The van der Waals surface area contributed by atoms with Gasteiger partial charge in [-0.3, -0.25) is 0 Å². The third-order valence-electron chi connectivity index (χ3n) is 3.86. The summed E-state index contributed by atoms with van der Waals surface area (Å²) in [6, 6.07) is 0.852. The molecule has 5 heteroatoms. The average molecular weight is 260 g/mol. The molecule has 2 aromatic heterocycles. The third kappa shape index (κ3) is 2.08. The number of rotatable bonds is 2. The second kappa shape index (κ2) is 4.81. The lowest BCUT2D eigenvalue weighted by molar-refractivity contribution is 0.380. The molecule has 1 aliphatic rings. The number of hydrogen-bond acceptors (Lipinski definition) is 4. The molecule has 0 aliphatic carbocycles. The average Bonchev–Trinajstić information content (AvgIpc) is 2.77. The summed E-state index contributed by atoms with van der Waals surface area (Å²) in [6.45, 7) is 3.09. The van der Waals surface area contributed by atoms with Gasteiger partial charge in [0.2, 0.25) is 0 Å². The maximum Gasteiger partial charge on any atom is 0.317 e. The molecular weight excluding hydrogens is 240 g/mol. The predicted octanol–water partition coefficient (Wildman–Crippen LogP) is 2.10. The highest BCUT2D eigenvalue weighted by Gasteiger charge is 2.22. The lowest BCUT2D eigenvalue weighted by atomic mass is 9.99. The van der Waals surface area contributed by atoms with Gasteiger partial charge in [0.1, 0.15) is 5.52 Å². The summed E-state index contributed by atoms with van der Waals surface area (Å²) in [5.41, 5.74) is 4.35. The fraction of sp³-hybridized carbons (Fsp3) is 0.571. The van der Waals surface area contributed by atoms with E-state index in [0.717, 1.165) is 23.3 Å². The van der Waals surface area contributed by atoms with Crippen LogP contribution in [0.5, 0.6) is 6.01 Å². The molecule has 1 atom stereocenters.